The largest absolute Gasteiger partial charge is 0.629 e. The number of hydrogen-bond acceptors (Lipinski definition) is 6. The Morgan fingerprint density at radius 1 is 1.16 bits per heavy atom. The van der Waals surface area contributed by atoms with Crippen LogP contribution in [0.2, 0.25) is 0 Å². The summed E-state index contributed by atoms with van der Waals surface area (Å²) in [7, 11) is -6.53. The molecule has 2 aromatic rings. The van der Waals surface area contributed by atoms with Crippen LogP contribution in [0.1, 0.15) is 30.9 Å². The van der Waals surface area contributed by atoms with Gasteiger partial charge < -0.3 is 14.7 Å². The van der Waals surface area contributed by atoms with E-state index in [2.05, 4.69) is 0 Å². The number of carboxylic acid groups (broad SMARTS) is 1. The molecular weight excluding hydrogens is 439 g/mol. The highest BCUT2D eigenvalue weighted by Gasteiger charge is 2.40. The van der Waals surface area contributed by atoms with Gasteiger partial charge in [-0.25, -0.2) is 8.98 Å². The molecular formula is C22H27O7PS. The molecule has 0 fully saturated rings. The zero-order valence-electron chi connectivity index (χ0n) is 17.6. The summed E-state index contributed by atoms with van der Waals surface area (Å²) in [6.07, 6.45) is 0.549. The monoisotopic (exact) mass is 466 g/mol. The van der Waals surface area contributed by atoms with Crippen molar-refractivity contribution in [1.29, 1.82) is 0 Å². The summed E-state index contributed by atoms with van der Waals surface area (Å²) in [5.74, 6) is -0.212. The van der Waals surface area contributed by atoms with Gasteiger partial charge in [-0.1, -0.05) is 48.0 Å². The Labute approximate surface area is 184 Å². The zero-order valence-corrected chi connectivity index (χ0v) is 19.3. The third-order valence-electron chi connectivity index (χ3n) is 4.62. The third-order valence-corrected chi connectivity index (χ3v) is 7.16. The van der Waals surface area contributed by atoms with Crippen molar-refractivity contribution in [3.63, 3.8) is 0 Å². The molecule has 0 aliphatic carbocycles. The fourth-order valence-electron chi connectivity index (χ4n) is 3.02. The Balaban J connectivity index is 2.11. The maximum Gasteiger partial charge on any atom is 0.344 e. The average molecular weight is 466 g/mol. The first-order chi connectivity index (χ1) is 14.7. The molecule has 2 unspecified atom stereocenters. The van der Waals surface area contributed by atoms with Gasteiger partial charge in [-0.15, -0.1) is 0 Å². The Kier molecular flexibility index (Phi) is 9.34. The minimum Gasteiger partial charge on any atom is -0.629 e. The van der Waals surface area contributed by atoms with Gasteiger partial charge in [0.25, 0.3) is 0 Å². The maximum atomic E-state index is 12.6. The molecule has 7 nitrogen and oxygen atoms in total. The van der Waals surface area contributed by atoms with Crippen molar-refractivity contribution in [2.75, 3.05) is 13.0 Å². The smallest absolute Gasteiger partial charge is 0.344 e. The summed E-state index contributed by atoms with van der Waals surface area (Å²) in [4.78, 5) is 24.5. The van der Waals surface area contributed by atoms with Gasteiger partial charge in [0.2, 0.25) is 11.9 Å². The van der Waals surface area contributed by atoms with Crippen molar-refractivity contribution in [1.82, 2.24) is 0 Å². The quantitative estimate of drug-likeness (QED) is 0.378. The van der Waals surface area contributed by atoms with Crippen molar-refractivity contribution in [2.24, 2.45) is 0 Å². The van der Waals surface area contributed by atoms with Crippen LogP contribution in [-0.4, -0.2) is 43.8 Å². The van der Waals surface area contributed by atoms with Crippen molar-refractivity contribution in [2.45, 2.75) is 43.6 Å². The van der Waals surface area contributed by atoms with Gasteiger partial charge in [0.15, 0.2) is 0 Å². The molecule has 0 radical (unpaired) electrons. The van der Waals surface area contributed by atoms with Gasteiger partial charge in [-0.05, 0) is 50.8 Å². The highest BCUT2D eigenvalue weighted by atomic mass is 32.2. The molecule has 1 N–H and O–H groups in total. The summed E-state index contributed by atoms with van der Waals surface area (Å²) >= 11 is 0. The van der Waals surface area contributed by atoms with Crippen molar-refractivity contribution in [3.8, 4) is 0 Å². The molecule has 2 atom stereocenters. The second-order valence-electron chi connectivity index (χ2n) is 7.03. The molecule has 0 aliphatic rings. The number of carbonyl (C=O) groups is 1. The van der Waals surface area contributed by atoms with E-state index < -0.39 is 35.8 Å². The van der Waals surface area contributed by atoms with Gasteiger partial charge in [0.05, 0.1) is 12.7 Å². The number of hydrogen-bond donors (Lipinski definition) is 1. The average Bonchev–Trinajstić information content (AvgIpc) is 2.73. The molecule has 0 amide bonds. The summed E-state index contributed by atoms with van der Waals surface area (Å²) < 4.78 is 35.0. The summed E-state index contributed by atoms with van der Waals surface area (Å²) in [6.45, 7) is 3.56. The van der Waals surface area contributed by atoms with Crippen molar-refractivity contribution < 1.29 is 32.1 Å². The fourth-order valence-corrected chi connectivity index (χ4v) is 5.45. The number of carboxylic acids is 1. The van der Waals surface area contributed by atoms with E-state index in [1.54, 1.807) is 19.1 Å². The topological polar surface area (TPSA) is 113 Å². The zero-order chi connectivity index (χ0) is 22.9. The van der Waals surface area contributed by atoms with E-state index in [4.69, 9.17) is 8.92 Å². The summed E-state index contributed by atoms with van der Waals surface area (Å²) in [5.41, 5.74) is 0.153. The molecule has 0 bridgehead atoms. The molecule has 0 aromatic heterocycles. The highest BCUT2D eigenvalue weighted by molar-refractivity contribution is 7.87. The molecule has 9 heteroatoms. The first-order valence-electron chi connectivity index (χ1n) is 9.86. The van der Waals surface area contributed by atoms with Gasteiger partial charge in [-0.2, -0.15) is 8.42 Å². The fraction of sp³-hybridized carbons (Fsp3) is 0.364. The van der Waals surface area contributed by atoms with Gasteiger partial charge in [0, 0.05) is 6.61 Å². The minimum atomic E-state index is -4.11. The lowest BCUT2D eigenvalue weighted by molar-refractivity contribution is -0.160. The third kappa shape index (κ3) is 7.52. The lowest BCUT2D eigenvalue weighted by Gasteiger charge is -2.24. The molecule has 0 saturated heterocycles. The first kappa shape index (κ1) is 25.2. The van der Waals surface area contributed by atoms with Crippen LogP contribution in [0.15, 0.2) is 59.5 Å². The predicted octanol–water partition coefficient (Wildman–Crippen LogP) is 3.10. The van der Waals surface area contributed by atoms with Crippen LogP contribution in [0, 0.1) is 6.92 Å². The molecule has 0 heterocycles. The molecule has 0 saturated carbocycles. The minimum absolute atomic E-state index is 0.0568. The molecule has 168 valence electrons. The van der Waals surface area contributed by atoms with Crippen LogP contribution in [0.5, 0.6) is 0 Å². The number of benzene rings is 2. The summed E-state index contributed by atoms with van der Waals surface area (Å²) in [5, 5.41) is 9.79. The molecule has 31 heavy (non-hydrogen) atoms. The van der Waals surface area contributed by atoms with E-state index in [0.717, 1.165) is 16.9 Å². The molecule has 2 rings (SSSR count). The number of aryl methyl sites for hydroxylation is 2. The Morgan fingerprint density at radius 2 is 1.81 bits per heavy atom. The van der Waals surface area contributed by atoms with Crippen LogP contribution in [0.4, 0.5) is 0 Å². The van der Waals surface area contributed by atoms with E-state index in [9.17, 15) is 23.2 Å². The molecule has 2 aromatic carbocycles. The van der Waals surface area contributed by atoms with E-state index in [-0.39, 0.29) is 17.9 Å². The van der Waals surface area contributed by atoms with Crippen LogP contribution in [0.3, 0.4) is 0 Å². The van der Waals surface area contributed by atoms with Crippen molar-refractivity contribution in [3.05, 3.63) is 65.7 Å². The van der Waals surface area contributed by atoms with Crippen LogP contribution in [-0.2, 0) is 30.3 Å². The second kappa shape index (κ2) is 11.5. The Hall–Kier alpha value is -2.09. The lowest BCUT2D eigenvalue weighted by atomic mass is 9.96. The lowest BCUT2D eigenvalue weighted by Crippen LogP contribution is -2.44. The Bertz CT molecular complexity index is 988. The maximum absolute atomic E-state index is 12.6. The number of rotatable bonds is 12. The molecule has 0 aliphatic heterocycles. The first-order valence-corrected chi connectivity index (χ1v) is 12.8. The number of aliphatic carboxylic acids is 1. The van der Waals surface area contributed by atoms with E-state index in [1.807, 2.05) is 37.3 Å². The van der Waals surface area contributed by atoms with Crippen LogP contribution < -0.4 is 4.89 Å². The Morgan fingerprint density at radius 3 is 2.39 bits per heavy atom. The summed E-state index contributed by atoms with van der Waals surface area (Å²) in [6, 6.07) is 15.6. The van der Waals surface area contributed by atoms with Gasteiger partial charge in [0.1, 0.15) is 5.80 Å². The van der Waals surface area contributed by atoms with Crippen molar-refractivity contribution >= 4 is 29.7 Å². The van der Waals surface area contributed by atoms with E-state index in [0.29, 0.717) is 12.8 Å². The van der Waals surface area contributed by atoms with E-state index in [1.165, 1.54) is 12.1 Å². The SMILES string of the molecule is CCOC(C=[P+]([O-])COS(=O)(=O)c1ccc(C)cc1)(CCCc1ccccc1)C(=O)O. The standard InChI is InChI=1S/C22H27O7PS/c1-3-28-22(21(23)24,15-7-10-19-8-5-4-6-9-19)16-30(25)17-29-31(26,27)20-13-11-18(2)12-14-20/h4-6,8-9,11-14,16H,3,7,10,15,17H2,1-2H3,(H,23,24). The van der Waals surface area contributed by atoms with E-state index >= 15 is 0 Å². The van der Waals surface area contributed by atoms with Gasteiger partial charge in [-0.3, -0.25) is 0 Å². The van der Waals surface area contributed by atoms with Crippen LogP contribution >= 0.6 is 7.77 Å². The molecule has 0 spiro atoms. The van der Waals surface area contributed by atoms with Crippen LogP contribution in [0.25, 0.3) is 0 Å². The normalized spacial score (nSPS) is 14.2. The second-order valence-corrected chi connectivity index (χ2v) is 9.99. The van der Waals surface area contributed by atoms with Gasteiger partial charge >= 0.3 is 16.1 Å². The predicted molar refractivity (Wildman–Crippen MR) is 119 cm³/mol. The number of ether oxygens (including phenoxy) is 1. The highest BCUT2D eigenvalue weighted by Crippen LogP contribution is 2.26.